The zero-order valence-corrected chi connectivity index (χ0v) is 51.6. The fourth-order valence-electron chi connectivity index (χ4n) is 10.8. The van der Waals surface area contributed by atoms with Gasteiger partial charge in [-0.3, -0.25) is 39.2 Å². The van der Waals surface area contributed by atoms with E-state index in [1.165, 1.54) is 29.7 Å². The number of amides is 2. The molecule has 10 rings (SSSR count). The Balaban J connectivity index is 0.000000178. The quantitative estimate of drug-likeness (QED) is 0.0172. The van der Waals surface area contributed by atoms with Crippen LogP contribution in [-0.4, -0.2) is 77.0 Å². The molecule has 6 aromatic carbocycles. The number of nitrogens with zero attached hydrogens (tertiary/aromatic N) is 1. The summed E-state index contributed by atoms with van der Waals surface area (Å²) in [6.45, 7) is 9.67. The average Bonchev–Trinajstić information content (AvgIpc) is 1.57. The summed E-state index contributed by atoms with van der Waals surface area (Å²) in [7, 11) is 1.11. The maximum atomic E-state index is 13.0. The van der Waals surface area contributed by atoms with Gasteiger partial charge in [0.2, 0.25) is 11.8 Å². The molecule has 0 spiro atoms. The predicted molar refractivity (Wildman–Crippen MR) is 320 cm³/mol. The molecule has 488 valence electrons. The van der Waals surface area contributed by atoms with Gasteiger partial charge in [-0.25, -0.2) is 15.9 Å². The number of para-hydroxylation sites is 1. The first-order valence-electron chi connectivity index (χ1n) is 29.0. The van der Waals surface area contributed by atoms with Gasteiger partial charge in [0.05, 0.1) is 64.8 Å². The molecular formula is C67H67F6N3O15S. The summed E-state index contributed by atoms with van der Waals surface area (Å²) in [5, 5.41) is 18.7. The first-order valence-corrected chi connectivity index (χ1v) is 29.8. The Bertz CT molecular complexity index is 3700. The lowest BCUT2D eigenvalue weighted by molar-refractivity contribution is -0.160. The SMILES string of the molecule is CCOC(=O)[C@@]1(Cc2ccc(OCc3nc4ccccc4s3)cc2)C[C@@H]1C(=O)NO.CCOC(=O)[C@]1(c2ccc(OCc3ccccc3)cc2)C[C@H]1C(=O)OC(C)(C)C.COC(=O)[C@]1(c2cccc(OCc3cc(C(F)(F)F)cc(C(F)(F)F)c3)c2)C[C@H]1C(=O)NO. The van der Waals surface area contributed by atoms with Crippen LogP contribution in [0, 0.1) is 23.2 Å². The predicted octanol–water partition coefficient (Wildman–Crippen LogP) is 12.2. The number of benzene rings is 6. The van der Waals surface area contributed by atoms with Gasteiger partial charge in [-0.05, 0) is 155 Å². The van der Waals surface area contributed by atoms with Gasteiger partial charge < -0.3 is 33.2 Å². The number of hydrogen-bond acceptors (Lipinski definition) is 17. The van der Waals surface area contributed by atoms with Crippen LogP contribution in [0.1, 0.15) is 97.8 Å². The van der Waals surface area contributed by atoms with Crippen LogP contribution in [-0.2, 0) is 97.1 Å². The number of rotatable bonds is 21. The van der Waals surface area contributed by atoms with E-state index in [0.29, 0.717) is 56.1 Å². The van der Waals surface area contributed by atoms with Crippen molar-refractivity contribution in [2.24, 2.45) is 23.2 Å². The Morgan fingerprint density at radius 1 is 0.554 bits per heavy atom. The van der Waals surface area contributed by atoms with Gasteiger partial charge in [0, 0.05) is 0 Å². The first-order chi connectivity index (χ1) is 43.6. The van der Waals surface area contributed by atoms with Crippen molar-refractivity contribution in [2.45, 2.75) is 109 Å². The van der Waals surface area contributed by atoms with E-state index in [4.69, 9.17) is 43.6 Å². The number of thiazole rings is 1. The standard InChI is InChI=1S/C24H28O5.C22H22N2O5S.C21H17F6NO5/c1-5-27-22(26)24(15-20(24)21(25)29-23(2,3)4)18-11-13-19(14-12-18)28-16-17-9-7-6-8-10-17;1-2-28-21(26)22(12-16(22)20(25)24-27)11-14-7-9-15(10-8-14)29-13-19-23-17-5-3-4-6-18(17)30-19;1-32-18(30)19(9-16(19)17(29)28-31)12-3-2-4-15(8-12)33-10-11-5-13(20(22,23)24)7-14(6-11)21(25,26)27/h6-14,20H,5,15-16H2,1-4H3;3-10,16,27H,2,11-13H2,1H3,(H,24,25);2-8,16,31H,9-10H2,1H3,(H,28,29)/t20-,24-;16-,22+;16-,19-/m010/s1. The molecule has 1 aromatic heterocycles. The number of methoxy groups -OCH3 is 1. The van der Waals surface area contributed by atoms with E-state index >= 15 is 0 Å². The zero-order valence-electron chi connectivity index (χ0n) is 50.8. The summed E-state index contributed by atoms with van der Waals surface area (Å²) < 4.78 is 117. The number of hydrogen-bond donors (Lipinski definition) is 4. The monoisotopic (exact) mass is 1300 g/mol. The van der Waals surface area contributed by atoms with Crippen LogP contribution in [0.4, 0.5) is 26.3 Å². The molecule has 3 aliphatic carbocycles. The highest BCUT2D eigenvalue weighted by Gasteiger charge is 2.68. The van der Waals surface area contributed by atoms with Crippen LogP contribution in [0.5, 0.6) is 17.2 Å². The molecule has 0 bridgehead atoms. The van der Waals surface area contributed by atoms with E-state index in [9.17, 15) is 55.1 Å². The molecular weight excluding hydrogens is 1230 g/mol. The van der Waals surface area contributed by atoms with Gasteiger partial charge in [-0.2, -0.15) is 26.3 Å². The second-order valence-corrected chi connectivity index (χ2v) is 24.1. The Kier molecular flexibility index (Phi) is 21.4. The minimum atomic E-state index is -4.99. The van der Waals surface area contributed by atoms with E-state index in [0.717, 1.165) is 39.0 Å². The van der Waals surface area contributed by atoms with Crippen molar-refractivity contribution in [2.75, 3.05) is 20.3 Å². The van der Waals surface area contributed by atoms with Crippen molar-refractivity contribution < 1.29 is 98.7 Å². The molecule has 3 fully saturated rings. The number of halogens is 6. The molecule has 6 atom stereocenters. The van der Waals surface area contributed by atoms with E-state index in [-0.39, 0.29) is 54.5 Å². The molecule has 3 saturated carbocycles. The number of fused-ring (bicyclic) bond motifs is 1. The number of nitrogens with one attached hydrogen (secondary N) is 2. The number of carbonyl (C=O) groups is 6. The Labute approximate surface area is 529 Å². The Morgan fingerprint density at radius 2 is 1.10 bits per heavy atom. The number of ether oxygens (including phenoxy) is 7. The number of carbonyl (C=O) groups excluding carboxylic acids is 6. The first kappa shape index (κ1) is 68.8. The normalized spacial score (nSPS) is 20.3. The van der Waals surface area contributed by atoms with Crippen LogP contribution < -0.4 is 25.2 Å². The number of aromatic nitrogens is 1. The summed E-state index contributed by atoms with van der Waals surface area (Å²) in [5.41, 5.74) is -0.138. The van der Waals surface area contributed by atoms with Gasteiger partial charge >= 0.3 is 36.2 Å². The topological polar surface area (TPSA) is 244 Å². The Hall–Kier alpha value is -9.07. The third-order valence-corrected chi connectivity index (χ3v) is 16.6. The van der Waals surface area contributed by atoms with Crippen molar-refractivity contribution in [1.29, 1.82) is 0 Å². The zero-order chi connectivity index (χ0) is 66.8. The van der Waals surface area contributed by atoms with Gasteiger partial charge in [-0.1, -0.05) is 78.9 Å². The minimum Gasteiger partial charge on any atom is -0.489 e. The van der Waals surface area contributed by atoms with E-state index < -0.39 is 93.4 Å². The van der Waals surface area contributed by atoms with Gasteiger partial charge in [0.15, 0.2) is 0 Å². The van der Waals surface area contributed by atoms with Crippen molar-refractivity contribution in [3.05, 3.63) is 190 Å². The van der Waals surface area contributed by atoms with Crippen molar-refractivity contribution in [3.8, 4) is 17.2 Å². The summed E-state index contributed by atoms with van der Waals surface area (Å²) in [6, 6.07) is 39.4. The number of hydroxylamine groups is 2. The van der Waals surface area contributed by atoms with Gasteiger partial charge in [0.25, 0.3) is 0 Å². The maximum absolute atomic E-state index is 13.0. The van der Waals surface area contributed by atoms with Crippen molar-refractivity contribution in [3.63, 3.8) is 0 Å². The van der Waals surface area contributed by atoms with Crippen LogP contribution >= 0.6 is 11.3 Å². The highest BCUT2D eigenvalue weighted by Crippen LogP contribution is 2.58. The largest absolute Gasteiger partial charge is 0.489 e. The molecule has 0 unspecified atom stereocenters. The summed E-state index contributed by atoms with van der Waals surface area (Å²) in [6.07, 6.45) is -8.84. The lowest BCUT2D eigenvalue weighted by atomic mass is 9.92. The number of alkyl halides is 6. The Morgan fingerprint density at radius 3 is 1.68 bits per heavy atom. The molecule has 4 N–H and O–H groups in total. The maximum Gasteiger partial charge on any atom is 0.416 e. The molecule has 3 aliphatic rings. The molecule has 18 nitrogen and oxygen atoms in total. The lowest BCUT2D eigenvalue weighted by Crippen LogP contribution is -2.31. The van der Waals surface area contributed by atoms with Crippen molar-refractivity contribution in [1.82, 2.24) is 15.9 Å². The van der Waals surface area contributed by atoms with E-state index in [1.807, 2.05) is 124 Å². The van der Waals surface area contributed by atoms with Crippen LogP contribution in [0.25, 0.3) is 10.2 Å². The molecule has 0 aliphatic heterocycles. The molecule has 0 saturated heterocycles. The fraction of sp³-hybridized carbons (Fsp3) is 0.358. The van der Waals surface area contributed by atoms with E-state index in [2.05, 4.69) is 4.98 Å². The average molecular weight is 1300 g/mol. The molecule has 0 radical (unpaired) electrons. The van der Waals surface area contributed by atoms with Crippen molar-refractivity contribution >= 4 is 57.2 Å². The third kappa shape index (κ3) is 16.3. The van der Waals surface area contributed by atoms with Gasteiger partial charge in [0.1, 0.15) is 58.5 Å². The second-order valence-electron chi connectivity index (χ2n) is 23.0. The highest BCUT2D eigenvalue weighted by atomic mass is 32.1. The third-order valence-electron chi connectivity index (χ3n) is 15.6. The molecule has 92 heavy (non-hydrogen) atoms. The fourth-order valence-corrected chi connectivity index (χ4v) is 11.6. The van der Waals surface area contributed by atoms with Crippen LogP contribution in [0.2, 0.25) is 0 Å². The summed E-state index contributed by atoms with van der Waals surface area (Å²) in [5.74, 6) is -3.88. The van der Waals surface area contributed by atoms with E-state index in [1.54, 1.807) is 30.7 Å². The van der Waals surface area contributed by atoms with Crippen LogP contribution in [0.15, 0.2) is 146 Å². The molecule has 1 heterocycles. The van der Waals surface area contributed by atoms with Gasteiger partial charge in [-0.15, -0.1) is 11.3 Å². The molecule has 7 aromatic rings. The summed E-state index contributed by atoms with van der Waals surface area (Å²) in [4.78, 5) is 78.3. The highest BCUT2D eigenvalue weighted by molar-refractivity contribution is 7.18. The second kappa shape index (κ2) is 28.6. The smallest absolute Gasteiger partial charge is 0.416 e. The molecule has 2 amide bonds. The minimum absolute atomic E-state index is 0.0175. The number of esters is 4. The van der Waals surface area contributed by atoms with Crippen LogP contribution in [0.3, 0.4) is 0 Å². The molecule has 25 heteroatoms. The lowest BCUT2D eigenvalue weighted by Gasteiger charge is -2.21. The summed E-state index contributed by atoms with van der Waals surface area (Å²) >= 11 is 1.60.